The standard InChI is InChI=1S/C23H25N7O2/c1-23(21(31)30(2)3)10-14(11-23)27-22-28-19-18(20(29-22)32-4)15(12-26-19)13-5-6-16-17(9-13)25-8-7-24-16/h5-9,12,14H,10-11H2,1-4H3,(H2,26,27,28,29). The van der Waals surface area contributed by atoms with E-state index in [-0.39, 0.29) is 17.4 Å². The maximum atomic E-state index is 12.4. The van der Waals surface area contributed by atoms with Crippen molar-refractivity contribution in [2.24, 2.45) is 5.41 Å². The molecule has 9 nitrogen and oxygen atoms in total. The zero-order valence-corrected chi connectivity index (χ0v) is 18.5. The largest absolute Gasteiger partial charge is 0.480 e. The van der Waals surface area contributed by atoms with E-state index in [0.717, 1.165) is 40.4 Å². The van der Waals surface area contributed by atoms with Gasteiger partial charge in [0.05, 0.1) is 28.9 Å². The number of methoxy groups -OCH3 is 1. The molecule has 1 amide bonds. The Hall–Kier alpha value is -3.75. The topological polar surface area (TPSA) is 109 Å². The first-order valence-electron chi connectivity index (χ1n) is 10.5. The highest BCUT2D eigenvalue weighted by Crippen LogP contribution is 2.43. The van der Waals surface area contributed by atoms with E-state index in [1.807, 2.05) is 31.3 Å². The van der Waals surface area contributed by atoms with Crippen LogP contribution in [0, 0.1) is 5.41 Å². The molecule has 5 rings (SSSR count). The van der Waals surface area contributed by atoms with Gasteiger partial charge < -0.3 is 19.9 Å². The number of amides is 1. The first-order chi connectivity index (χ1) is 15.4. The average molecular weight is 432 g/mol. The van der Waals surface area contributed by atoms with E-state index in [1.165, 1.54) is 0 Å². The predicted molar refractivity (Wildman–Crippen MR) is 122 cm³/mol. The lowest BCUT2D eigenvalue weighted by Crippen LogP contribution is -2.52. The Morgan fingerprint density at radius 2 is 1.94 bits per heavy atom. The van der Waals surface area contributed by atoms with E-state index in [9.17, 15) is 4.79 Å². The zero-order chi connectivity index (χ0) is 22.5. The average Bonchev–Trinajstić information content (AvgIpc) is 3.20. The van der Waals surface area contributed by atoms with Gasteiger partial charge in [-0.15, -0.1) is 0 Å². The maximum absolute atomic E-state index is 12.4. The third kappa shape index (κ3) is 3.30. The second-order valence-corrected chi connectivity index (χ2v) is 8.75. The molecule has 164 valence electrons. The molecular formula is C23H25N7O2. The molecule has 3 heterocycles. The zero-order valence-electron chi connectivity index (χ0n) is 18.5. The monoisotopic (exact) mass is 431 g/mol. The van der Waals surface area contributed by atoms with E-state index < -0.39 is 0 Å². The molecule has 0 atom stereocenters. The van der Waals surface area contributed by atoms with Crippen LogP contribution in [0.5, 0.6) is 5.88 Å². The van der Waals surface area contributed by atoms with E-state index in [2.05, 4.69) is 30.2 Å². The minimum absolute atomic E-state index is 0.138. The number of hydrogen-bond donors (Lipinski definition) is 2. The fraction of sp³-hybridized carbons (Fsp3) is 0.348. The summed E-state index contributed by atoms with van der Waals surface area (Å²) < 4.78 is 5.62. The molecule has 2 N–H and O–H groups in total. The molecule has 0 unspecified atom stereocenters. The summed E-state index contributed by atoms with van der Waals surface area (Å²) in [6.07, 6.45) is 6.74. The molecule has 3 aromatic heterocycles. The fourth-order valence-electron chi connectivity index (χ4n) is 4.60. The Morgan fingerprint density at radius 1 is 1.19 bits per heavy atom. The molecule has 0 spiro atoms. The van der Waals surface area contributed by atoms with Gasteiger partial charge in [0.15, 0.2) is 0 Å². The Morgan fingerprint density at radius 3 is 2.66 bits per heavy atom. The summed E-state index contributed by atoms with van der Waals surface area (Å²) in [7, 11) is 5.19. The molecule has 4 aromatic rings. The van der Waals surface area contributed by atoms with Gasteiger partial charge in [-0.25, -0.2) is 0 Å². The summed E-state index contributed by atoms with van der Waals surface area (Å²) in [6, 6.07) is 6.08. The van der Waals surface area contributed by atoms with Crippen molar-refractivity contribution in [3.8, 4) is 17.0 Å². The van der Waals surface area contributed by atoms with Gasteiger partial charge in [0.2, 0.25) is 17.7 Å². The molecule has 0 radical (unpaired) electrons. The summed E-state index contributed by atoms with van der Waals surface area (Å²) in [5.41, 5.74) is 3.91. The number of hydrogen-bond acceptors (Lipinski definition) is 7. The summed E-state index contributed by atoms with van der Waals surface area (Å²) in [6.45, 7) is 2.00. The number of ether oxygens (including phenoxy) is 1. The Balaban J connectivity index is 1.44. The van der Waals surface area contributed by atoms with Crippen molar-refractivity contribution in [2.75, 3.05) is 26.5 Å². The van der Waals surface area contributed by atoms with Crippen LogP contribution in [-0.4, -0.2) is 63.0 Å². The summed E-state index contributed by atoms with van der Waals surface area (Å²) in [5, 5.41) is 4.16. The normalized spacial score (nSPS) is 20.2. The SMILES string of the molecule is COc1nc(NC2CC(C)(C(=O)N(C)C)C2)nc2[nH]cc(-c3ccc4nccnc4c3)c12. The number of fused-ring (bicyclic) bond motifs is 2. The van der Waals surface area contributed by atoms with Crippen molar-refractivity contribution < 1.29 is 9.53 Å². The number of aromatic nitrogens is 5. The lowest BCUT2D eigenvalue weighted by molar-refractivity contribution is -0.143. The number of H-pyrrole nitrogens is 1. The fourth-order valence-corrected chi connectivity index (χ4v) is 4.60. The first-order valence-corrected chi connectivity index (χ1v) is 10.5. The minimum atomic E-state index is -0.339. The number of aromatic amines is 1. The number of carbonyl (C=O) groups is 1. The minimum Gasteiger partial charge on any atom is -0.480 e. The van der Waals surface area contributed by atoms with Crippen molar-refractivity contribution in [3.63, 3.8) is 0 Å². The van der Waals surface area contributed by atoms with E-state index in [4.69, 9.17) is 4.74 Å². The van der Waals surface area contributed by atoms with Gasteiger partial charge in [-0.2, -0.15) is 9.97 Å². The number of nitrogens with one attached hydrogen (secondary N) is 2. The Labute approximate surface area is 185 Å². The van der Waals surface area contributed by atoms with Gasteiger partial charge in [0.25, 0.3) is 0 Å². The highest BCUT2D eigenvalue weighted by Gasteiger charge is 2.47. The van der Waals surface area contributed by atoms with Crippen molar-refractivity contribution in [1.29, 1.82) is 0 Å². The number of rotatable bonds is 5. The molecule has 1 aliphatic carbocycles. The molecule has 0 aliphatic heterocycles. The molecule has 32 heavy (non-hydrogen) atoms. The van der Waals surface area contributed by atoms with Gasteiger partial charge in [-0.1, -0.05) is 13.0 Å². The van der Waals surface area contributed by atoms with Crippen LogP contribution in [0.25, 0.3) is 33.2 Å². The lowest BCUT2D eigenvalue weighted by atomic mass is 9.66. The van der Waals surface area contributed by atoms with Gasteiger partial charge in [0.1, 0.15) is 5.65 Å². The van der Waals surface area contributed by atoms with Crippen LogP contribution < -0.4 is 10.1 Å². The molecule has 9 heteroatoms. The van der Waals surface area contributed by atoms with Crippen LogP contribution in [-0.2, 0) is 4.79 Å². The van der Waals surface area contributed by atoms with Crippen LogP contribution in [0.2, 0.25) is 0 Å². The highest BCUT2D eigenvalue weighted by atomic mass is 16.5. The third-order valence-electron chi connectivity index (χ3n) is 6.12. The van der Waals surface area contributed by atoms with Crippen molar-refractivity contribution in [1.82, 2.24) is 29.8 Å². The molecule has 0 saturated heterocycles. The quantitative estimate of drug-likeness (QED) is 0.499. The van der Waals surface area contributed by atoms with E-state index >= 15 is 0 Å². The van der Waals surface area contributed by atoms with E-state index in [0.29, 0.717) is 17.5 Å². The Bertz CT molecular complexity index is 1320. The molecule has 1 fully saturated rings. The van der Waals surface area contributed by atoms with Crippen LogP contribution in [0.1, 0.15) is 19.8 Å². The third-order valence-corrected chi connectivity index (χ3v) is 6.12. The maximum Gasteiger partial charge on any atom is 0.228 e. The van der Waals surface area contributed by atoms with Crippen LogP contribution >= 0.6 is 0 Å². The molecular weight excluding hydrogens is 406 g/mol. The first kappa shape index (κ1) is 20.2. The number of benzene rings is 1. The number of anilines is 1. The highest BCUT2D eigenvalue weighted by molar-refractivity contribution is 5.99. The molecule has 0 bridgehead atoms. The second-order valence-electron chi connectivity index (χ2n) is 8.75. The number of nitrogens with zero attached hydrogens (tertiary/aromatic N) is 5. The summed E-state index contributed by atoms with van der Waals surface area (Å²) >= 11 is 0. The predicted octanol–water partition coefficient (Wildman–Crippen LogP) is 3.25. The van der Waals surface area contributed by atoms with E-state index in [1.54, 1.807) is 38.5 Å². The molecule has 1 saturated carbocycles. The van der Waals surface area contributed by atoms with Crippen molar-refractivity contribution >= 4 is 33.9 Å². The van der Waals surface area contributed by atoms with Gasteiger partial charge >= 0.3 is 0 Å². The van der Waals surface area contributed by atoms with Crippen LogP contribution in [0.15, 0.2) is 36.8 Å². The van der Waals surface area contributed by atoms with Gasteiger partial charge in [-0.05, 0) is 30.5 Å². The lowest BCUT2D eigenvalue weighted by Gasteiger charge is -2.45. The Kier molecular flexibility index (Phi) is 4.69. The molecule has 1 aliphatic rings. The van der Waals surface area contributed by atoms with Crippen LogP contribution in [0.3, 0.4) is 0 Å². The van der Waals surface area contributed by atoms with Gasteiger partial charge in [0, 0.05) is 44.3 Å². The van der Waals surface area contributed by atoms with Crippen molar-refractivity contribution in [2.45, 2.75) is 25.8 Å². The van der Waals surface area contributed by atoms with Crippen LogP contribution in [0.4, 0.5) is 5.95 Å². The molecule has 1 aromatic carbocycles. The number of carbonyl (C=O) groups excluding carboxylic acids is 1. The smallest absolute Gasteiger partial charge is 0.228 e. The second kappa shape index (κ2) is 7.44. The summed E-state index contributed by atoms with van der Waals surface area (Å²) in [5.74, 6) is 1.12. The van der Waals surface area contributed by atoms with Gasteiger partial charge in [-0.3, -0.25) is 14.8 Å². The van der Waals surface area contributed by atoms with Crippen molar-refractivity contribution in [3.05, 3.63) is 36.8 Å². The summed E-state index contributed by atoms with van der Waals surface area (Å²) in [4.78, 5) is 35.3.